The number of carbonyl (C=O) groups is 2. The van der Waals surface area contributed by atoms with Crippen LogP contribution in [0.25, 0.3) is 0 Å². The number of hydrogen-bond acceptors (Lipinski definition) is 5. The third-order valence-corrected chi connectivity index (χ3v) is 5.61. The van der Waals surface area contributed by atoms with Gasteiger partial charge in [0.15, 0.2) is 0 Å². The molecule has 144 valence electrons. The molecule has 0 spiro atoms. The summed E-state index contributed by atoms with van der Waals surface area (Å²) in [7, 11) is 0. The summed E-state index contributed by atoms with van der Waals surface area (Å²) in [5, 5.41) is 14.5. The topological polar surface area (TPSA) is 95.8 Å². The van der Waals surface area contributed by atoms with Crippen LogP contribution in [-0.2, 0) is 4.79 Å². The first-order valence-electron chi connectivity index (χ1n) is 9.69. The Morgan fingerprint density at radius 1 is 1.07 bits per heavy atom. The van der Waals surface area contributed by atoms with E-state index in [1.165, 1.54) is 6.07 Å². The van der Waals surface area contributed by atoms with Crippen molar-refractivity contribution in [2.45, 2.75) is 50.6 Å². The van der Waals surface area contributed by atoms with Crippen LogP contribution in [0.15, 0.2) is 18.2 Å². The molecule has 1 aromatic rings. The van der Waals surface area contributed by atoms with Crippen LogP contribution in [-0.4, -0.2) is 53.4 Å². The number of nitrogens with zero attached hydrogens (tertiary/aromatic N) is 3. The van der Waals surface area contributed by atoms with Crippen LogP contribution in [0, 0.1) is 10.1 Å². The SMILES string of the molecule is O=C(NC1CC1)C1CCCN1C(=O)c1ccc(N2CCCC2)c([N+](=O)[O-])c1. The number of benzene rings is 1. The minimum atomic E-state index is -0.476. The van der Waals surface area contributed by atoms with Gasteiger partial charge in [-0.1, -0.05) is 0 Å². The molecule has 3 aliphatic rings. The molecule has 3 fully saturated rings. The zero-order valence-electron chi connectivity index (χ0n) is 15.2. The number of carbonyl (C=O) groups excluding carboxylic acids is 2. The second-order valence-corrected chi connectivity index (χ2v) is 7.59. The van der Waals surface area contributed by atoms with Crippen molar-refractivity contribution in [2.24, 2.45) is 0 Å². The molecule has 2 amide bonds. The lowest BCUT2D eigenvalue weighted by molar-refractivity contribution is -0.384. The van der Waals surface area contributed by atoms with E-state index in [1.807, 2.05) is 4.90 Å². The molecule has 1 unspecified atom stereocenters. The van der Waals surface area contributed by atoms with Gasteiger partial charge < -0.3 is 15.1 Å². The van der Waals surface area contributed by atoms with Gasteiger partial charge in [0.25, 0.3) is 11.6 Å². The molecule has 0 bridgehead atoms. The Labute approximate surface area is 157 Å². The third-order valence-electron chi connectivity index (χ3n) is 5.61. The minimum absolute atomic E-state index is 0.0408. The predicted molar refractivity (Wildman–Crippen MR) is 99.8 cm³/mol. The number of nitrogens with one attached hydrogen (secondary N) is 1. The fourth-order valence-electron chi connectivity index (χ4n) is 4.00. The van der Waals surface area contributed by atoms with Gasteiger partial charge in [-0.25, -0.2) is 0 Å². The molecular weight excluding hydrogens is 348 g/mol. The average molecular weight is 372 g/mol. The summed E-state index contributed by atoms with van der Waals surface area (Å²) in [4.78, 5) is 40.1. The van der Waals surface area contributed by atoms with Crippen LogP contribution in [0.4, 0.5) is 11.4 Å². The van der Waals surface area contributed by atoms with Crippen LogP contribution < -0.4 is 10.2 Å². The molecule has 2 saturated heterocycles. The highest BCUT2D eigenvalue weighted by molar-refractivity contribution is 5.99. The first-order chi connectivity index (χ1) is 13.0. The summed E-state index contributed by atoms with van der Waals surface area (Å²) < 4.78 is 0. The van der Waals surface area contributed by atoms with E-state index in [1.54, 1.807) is 17.0 Å². The van der Waals surface area contributed by atoms with E-state index in [2.05, 4.69) is 5.32 Å². The summed E-state index contributed by atoms with van der Waals surface area (Å²) in [6.07, 6.45) is 5.43. The van der Waals surface area contributed by atoms with E-state index < -0.39 is 11.0 Å². The van der Waals surface area contributed by atoms with E-state index in [9.17, 15) is 19.7 Å². The summed E-state index contributed by atoms with van der Waals surface area (Å²) in [6.45, 7) is 2.09. The molecule has 27 heavy (non-hydrogen) atoms. The lowest BCUT2D eigenvalue weighted by Gasteiger charge is -2.24. The second kappa shape index (κ2) is 7.17. The highest BCUT2D eigenvalue weighted by atomic mass is 16.6. The molecule has 1 N–H and O–H groups in total. The largest absolute Gasteiger partial charge is 0.366 e. The van der Waals surface area contributed by atoms with Gasteiger partial charge >= 0.3 is 0 Å². The van der Waals surface area contributed by atoms with Gasteiger partial charge in [-0.3, -0.25) is 19.7 Å². The van der Waals surface area contributed by atoms with Gasteiger partial charge in [0.05, 0.1) is 4.92 Å². The highest BCUT2D eigenvalue weighted by Crippen LogP contribution is 2.33. The number of rotatable bonds is 5. The Kier molecular flexibility index (Phi) is 4.72. The van der Waals surface area contributed by atoms with E-state index in [-0.39, 0.29) is 29.1 Å². The minimum Gasteiger partial charge on any atom is -0.366 e. The van der Waals surface area contributed by atoms with Crippen molar-refractivity contribution in [2.75, 3.05) is 24.5 Å². The lowest BCUT2D eigenvalue weighted by Crippen LogP contribution is -2.46. The van der Waals surface area contributed by atoms with E-state index in [4.69, 9.17) is 0 Å². The quantitative estimate of drug-likeness (QED) is 0.631. The van der Waals surface area contributed by atoms with E-state index in [0.29, 0.717) is 18.7 Å². The third kappa shape index (κ3) is 3.61. The predicted octanol–water partition coefficient (Wildman–Crippen LogP) is 2.08. The number of likely N-dealkylation sites (tertiary alicyclic amines) is 1. The van der Waals surface area contributed by atoms with Crippen molar-refractivity contribution in [3.05, 3.63) is 33.9 Å². The Hall–Kier alpha value is -2.64. The molecule has 0 aromatic heterocycles. The highest BCUT2D eigenvalue weighted by Gasteiger charge is 2.37. The number of nitro benzene ring substituents is 1. The summed E-state index contributed by atoms with van der Waals surface area (Å²) in [6, 6.07) is 4.46. The first kappa shape index (κ1) is 17.8. The Morgan fingerprint density at radius 2 is 1.81 bits per heavy atom. The molecule has 1 atom stereocenters. The van der Waals surface area contributed by atoms with Gasteiger partial charge in [-0.2, -0.15) is 0 Å². The summed E-state index contributed by atoms with van der Waals surface area (Å²) in [5.41, 5.74) is 0.801. The average Bonchev–Trinajstić information content (AvgIpc) is 3.15. The molecule has 2 heterocycles. The molecule has 1 aliphatic carbocycles. The molecule has 0 radical (unpaired) electrons. The van der Waals surface area contributed by atoms with Crippen molar-refractivity contribution in [3.63, 3.8) is 0 Å². The van der Waals surface area contributed by atoms with Crippen molar-refractivity contribution >= 4 is 23.2 Å². The number of anilines is 1. The molecule has 1 aromatic carbocycles. The van der Waals surface area contributed by atoms with Crippen LogP contribution >= 0.6 is 0 Å². The van der Waals surface area contributed by atoms with Crippen LogP contribution in [0.1, 0.15) is 48.9 Å². The Morgan fingerprint density at radius 3 is 2.48 bits per heavy atom. The smallest absolute Gasteiger partial charge is 0.293 e. The number of hydrogen-bond donors (Lipinski definition) is 1. The van der Waals surface area contributed by atoms with Gasteiger partial charge in [-0.05, 0) is 50.7 Å². The molecule has 8 heteroatoms. The van der Waals surface area contributed by atoms with Crippen LogP contribution in [0.3, 0.4) is 0 Å². The van der Waals surface area contributed by atoms with Crippen molar-refractivity contribution in [3.8, 4) is 0 Å². The van der Waals surface area contributed by atoms with Gasteiger partial charge in [0.1, 0.15) is 11.7 Å². The Balaban J connectivity index is 1.56. The van der Waals surface area contributed by atoms with Gasteiger partial charge in [-0.15, -0.1) is 0 Å². The lowest BCUT2D eigenvalue weighted by atomic mass is 10.1. The van der Waals surface area contributed by atoms with Gasteiger partial charge in [0, 0.05) is 37.3 Å². The fraction of sp³-hybridized carbons (Fsp3) is 0.579. The number of amides is 2. The van der Waals surface area contributed by atoms with E-state index >= 15 is 0 Å². The molecule has 1 saturated carbocycles. The normalized spacial score (nSPS) is 22.1. The standard InChI is InChI=1S/C19H24N4O4/c24-18(20-14-6-7-14)16-4-3-11-22(16)19(25)13-5-8-15(17(12-13)23(26)27)21-9-1-2-10-21/h5,8,12,14,16H,1-4,6-7,9-11H2,(H,20,24). The zero-order chi connectivity index (χ0) is 19.0. The van der Waals surface area contributed by atoms with Crippen LogP contribution in [0.5, 0.6) is 0 Å². The molecule has 4 rings (SSSR count). The molecule has 8 nitrogen and oxygen atoms in total. The van der Waals surface area contributed by atoms with Crippen molar-refractivity contribution < 1.29 is 14.5 Å². The zero-order valence-corrected chi connectivity index (χ0v) is 15.2. The summed E-state index contributed by atoms with van der Waals surface area (Å²) >= 11 is 0. The first-order valence-corrected chi connectivity index (χ1v) is 9.69. The fourth-order valence-corrected chi connectivity index (χ4v) is 4.00. The number of nitro groups is 1. The Bertz CT molecular complexity index is 771. The second-order valence-electron chi connectivity index (χ2n) is 7.59. The maximum Gasteiger partial charge on any atom is 0.293 e. The summed E-state index contributed by atoms with van der Waals surface area (Å²) in [5.74, 6) is -0.411. The molecule has 2 aliphatic heterocycles. The van der Waals surface area contributed by atoms with Crippen LogP contribution in [0.2, 0.25) is 0 Å². The van der Waals surface area contributed by atoms with E-state index in [0.717, 1.165) is 45.2 Å². The van der Waals surface area contributed by atoms with Crippen molar-refractivity contribution in [1.82, 2.24) is 10.2 Å². The van der Waals surface area contributed by atoms with Crippen molar-refractivity contribution in [1.29, 1.82) is 0 Å². The van der Waals surface area contributed by atoms with Gasteiger partial charge in [0.2, 0.25) is 5.91 Å². The maximum atomic E-state index is 13.0. The molecular formula is C19H24N4O4. The monoisotopic (exact) mass is 372 g/mol. The maximum absolute atomic E-state index is 13.0.